The van der Waals surface area contributed by atoms with Crippen molar-refractivity contribution in [1.82, 2.24) is 10.2 Å². The monoisotopic (exact) mass is 649 g/mol. The lowest BCUT2D eigenvalue weighted by Crippen LogP contribution is -2.52. The van der Waals surface area contributed by atoms with Gasteiger partial charge >= 0.3 is 0 Å². The molecule has 13 heteroatoms. The zero-order valence-electron chi connectivity index (χ0n) is 25.5. The smallest absolute Gasteiger partial charge is 0.265 e. The van der Waals surface area contributed by atoms with Crippen molar-refractivity contribution in [3.8, 4) is 17.2 Å². The van der Waals surface area contributed by atoms with Gasteiger partial charge in [-0.2, -0.15) is 0 Å². The third kappa shape index (κ3) is 7.92. The average molecular weight is 650 g/mol. The molecule has 0 fully saturated rings. The van der Waals surface area contributed by atoms with Gasteiger partial charge in [0, 0.05) is 29.2 Å². The van der Waals surface area contributed by atoms with Crippen LogP contribution in [0.2, 0.25) is 5.02 Å². The minimum absolute atomic E-state index is 0.0225. The van der Waals surface area contributed by atoms with Crippen molar-refractivity contribution < 1.29 is 36.6 Å². The number of sulfonamides is 1. The van der Waals surface area contributed by atoms with E-state index >= 15 is 0 Å². The first-order valence-corrected chi connectivity index (χ1v) is 15.6. The fourth-order valence-electron chi connectivity index (χ4n) is 4.33. The number of rotatable bonds is 14. The highest BCUT2D eigenvalue weighted by molar-refractivity contribution is 7.92. The Morgan fingerprint density at radius 3 is 2.18 bits per heavy atom. The van der Waals surface area contributed by atoms with Crippen LogP contribution < -0.4 is 23.8 Å². The number of hydrogen-bond donors (Lipinski definition) is 1. The molecule has 0 saturated carbocycles. The number of anilines is 1. The van der Waals surface area contributed by atoms with Gasteiger partial charge in [-0.1, -0.05) is 36.7 Å². The third-order valence-electron chi connectivity index (χ3n) is 7.10. The molecule has 0 spiro atoms. The zero-order chi connectivity index (χ0) is 32.6. The Morgan fingerprint density at radius 1 is 0.932 bits per heavy atom. The summed E-state index contributed by atoms with van der Waals surface area (Å²) in [6.07, 6.45) is 0.644. The van der Waals surface area contributed by atoms with Gasteiger partial charge in [0.25, 0.3) is 10.0 Å². The molecule has 2 atom stereocenters. The first-order chi connectivity index (χ1) is 20.9. The molecule has 0 bridgehead atoms. The van der Waals surface area contributed by atoms with E-state index in [9.17, 15) is 22.4 Å². The highest BCUT2D eigenvalue weighted by Crippen LogP contribution is 2.37. The first-order valence-electron chi connectivity index (χ1n) is 13.8. The van der Waals surface area contributed by atoms with E-state index in [-0.39, 0.29) is 45.3 Å². The van der Waals surface area contributed by atoms with E-state index < -0.39 is 40.2 Å². The number of methoxy groups -OCH3 is 3. The van der Waals surface area contributed by atoms with Crippen molar-refractivity contribution in [3.05, 3.63) is 77.1 Å². The molecule has 2 unspecified atom stereocenters. The van der Waals surface area contributed by atoms with Crippen LogP contribution in [0.5, 0.6) is 17.2 Å². The first kappa shape index (κ1) is 34.5. The summed E-state index contributed by atoms with van der Waals surface area (Å²) >= 11 is 6.28. The summed E-state index contributed by atoms with van der Waals surface area (Å²) in [7, 11) is -0.377. The summed E-state index contributed by atoms with van der Waals surface area (Å²) in [5, 5.41) is 3.02. The van der Waals surface area contributed by atoms with Crippen LogP contribution in [0.3, 0.4) is 0 Å². The van der Waals surface area contributed by atoms with Gasteiger partial charge in [-0.3, -0.25) is 13.9 Å². The molecule has 1 N–H and O–H groups in total. The van der Waals surface area contributed by atoms with Crippen LogP contribution in [-0.4, -0.2) is 65.1 Å². The van der Waals surface area contributed by atoms with E-state index in [1.54, 1.807) is 6.07 Å². The average Bonchev–Trinajstić information content (AvgIpc) is 3.02. The molecule has 2 amide bonds. The van der Waals surface area contributed by atoms with E-state index in [1.807, 2.05) is 13.8 Å². The second kappa shape index (κ2) is 15.1. The molecular formula is C31H37ClFN3O7S. The van der Waals surface area contributed by atoms with Gasteiger partial charge in [-0.05, 0) is 56.7 Å². The predicted molar refractivity (Wildman–Crippen MR) is 166 cm³/mol. The van der Waals surface area contributed by atoms with Crippen LogP contribution in [0, 0.1) is 5.82 Å². The van der Waals surface area contributed by atoms with Gasteiger partial charge in [0.05, 0.1) is 31.9 Å². The van der Waals surface area contributed by atoms with E-state index in [4.69, 9.17) is 25.8 Å². The van der Waals surface area contributed by atoms with Gasteiger partial charge < -0.3 is 24.4 Å². The Bertz CT molecular complexity index is 1590. The van der Waals surface area contributed by atoms with Gasteiger partial charge in [-0.15, -0.1) is 0 Å². The van der Waals surface area contributed by atoms with Gasteiger partial charge in [0.1, 0.15) is 24.2 Å². The summed E-state index contributed by atoms with van der Waals surface area (Å²) in [6.45, 7) is 4.15. The minimum atomic E-state index is -4.50. The number of nitrogens with one attached hydrogen (secondary N) is 1. The van der Waals surface area contributed by atoms with E-state index in [2.05, 4.69) is 5.32 Å². The highest BCUT2D eigenvalue weighted by atomic mass is 35.5. The fourth-order valence-corrected chi connectivity index (χ4v) is 5.93. The Kier molecular flexibility index (Phi) is 11.8. The number of nitrogens with zero attached hydrogens (tertiary/aromatic N) is 2. The minimum Gasteiger partial charge on any atom is -0.495 e. The normalized spacial score (nSPS) is 12.5. The number of hydrogen-bond acceptors (Lipinski definition) is 7. The number of carbonyl (C=O) groups is 2. The van der Waals surface area contributed by atoms with Crippen molar-refractivity contribution >= 4 is 39.1 Å². The second-order valence-electron chi connectivity index (χ2n) is 9.95. The maximum absolute atomic E-state index is 14.8. The summed E-state index contributed by atoms with van der Waals surface area (Å²) < 4.78 is 60.1. The van der Waals surface area contributed by atoms with Gasteiger partial charge in [-0.25, -0.2) is 12.8 Å². The Hall–Kier alpha value is -4.03. The van der Waals surface area contributed by atoms with Crippen LogP contribution in [0.25, 0.3) is 0 Å². The fraction of sp³-hybridized carbons (Fsp3) is 0.355. The molecule has 3 aromatic rings. The molecule has 44 heavy (non-hydrogen) atoms. The van der Waals surface area contributed by atoms with Crippen molar-refractivity contribution in [2.75, 3.05) is 32.2 Å². The van der Waals surface area contributed by atoms with Gasteiger partial charge in [0.15, 0.2) is 11.5 Å². The predicted octanol–water partition coefficient (Wildman–Crippen LogP) is 5.03. The lowest BCUT2D eigenvalue weighted by molar-refractivity contribution is -0.139. The molecule has 0 aromatic heterocycles. The molecule has 0 heterocycles. The van der Waals surface area contributed by atoms with Crippen LogP contribution in [0.15, 0.2) is 65.6 Å². The third-order valence-corrected chi connectivity index (χ3v) is 9.09. The maximum atomic E-state index is 14.8. The summed E-state index contributed by atoms with van der Waals surface area (Å²) in [5.41, 5.74) is 0.129. The number of halogens is 2. The number of carbonyl (C=O) groups excluding carboxylic acids is 2. The highest BCUT2D eigenvalue weighted by Gasteiger charge is 2.35. The lowest BCUT2D eigenvalue weighted by Gasteiger charge is -2.33. The zero-order valence-corrected chi connectivity index (χ0v) is 27.0. The van der Waals surface area contributed by atoms with Crippen LogP contribution in [-0.2, 0) is 26.2 Å². The Labute approximate surface area is 262 Å². The molecule has 0 aliphatic carbocycles. The molecule has 10 nitrogen and oxygen atoms in total. The SMILES string of the molecule is CCC(C)NC(=O)C(C)N(Cc1ccccc1F)C(=O)CN(c1cc(Cl)ccc1OC)S(=O)(=O)c1ccc(OC)c(OC)c1. The van der Waals surface area contributed by atoms with E-state index in [0.29, 0.717) is 12.2 Å². The van der Waals surface area contributed by atoms with Gasteiger partial charge in [0.2, 0.25) is 11.8 Å². The number of benzene rings is 3. The Morgan fingerprint density at radius 2 is 1.57 bits per heavy atom. The van der Waals surface area contributed by atoms with Crippen molar-refractivity contribution in [2.24, 2.45) is 0 Å². The Balaban J connectivity index is 2.15. The van der Waals surface area contributed by atoms with E-state index in [1.165, 1.54) is 82.9 Å². The molecule has 0 aliphatic heterocycles. The van der Waals surface area contributed by atoms with Crippen molar-refractivity contribution in [2.45, 2.75) is 50.7 Å². The molecule has 3 rings (SSSR count). The lowest BCUT2D eigenvalue weighted by atomic mass is 10.1. The topological polar surface area (TPSA) is 114 Å². The molecule has 0 aliphatic rings. The number of ether oxygens (including phenoxy) is 3. The van der Waals surface area contributed by atoms with Crippen LogP contribution >= 0.6 is 11.6 Å². The quantitative estimate of drug-likeness (QED) is 0.261. The van der Waals surface area contributed by atoms with E-state index in [0.717, 1.165) is 9.21 Å². The molecular weight excluding hydrogens is 613 g/mol. The largest absolute Gasteiger partial charge is 0.495 e. The summed E-state index contributed by atoms with van der Waals surface area (Å²) in [5.74, 6) is -1.26. The molecule has 0 saturated heterocycles. The van der Waals surface area contributed by atoms with Crippen LogP contribution in [0.1, 0.15) is 32.8 Å². The summed E-state index contributed by atoms with van der Waals surface area (Å²) in [6, 6.07) is 12.9. The second-order valence-corrected chi connectivity index (χ2v) is 12.3. The van der Waals surface area contributed by atoms with Crippen molar-refractivity contribution in [1.29, 1.82) is 0 Å². The molecule has 0 radical (unpaired) electrons. The van der Waals surface area contributed by atoms with Crippen molar-refractivity contribution in [3.63, 3.8) is 0 Å². The standard InChI is InChI=1S/C31H37ClFN3O7S/c1-7-20(2)34-31(38)21(3)35(18-22-10-8-9-11-25(22)33)30(37)19-36(26-16-23(32)12-14-27(26)41-4)44(39,40)24-13-15-28(42-5)29(17-24)43-6/h8-17,20-21H,7,18-19H2,1-6H3,(H,34,38). The summed E-state index contributed by atoms with van der Waals surface area (Å²) in [4.78, 5) is 28.2. The molecule has 3 aromatic carbocycles. The van der Waals surface area contributed by atoms with Crippen LogP contribution in [0.4, 0.5) is 10.1 Å². The molecule has 238 valence electrons. The number of amides is 2. The maximum Gasteiger partial charge on any atom is 0.265 e.